The normalized spacial score (nSPS) is 24.9. The number of nitriles is 2. The molecule has 0 radical (unpaired) electrons. The first-order valence-electron chi connectivity index (χ1n) is 5.13. The molecule has 0 N–H and O–H groups in total. The molecule has 1 aromatic carbocycles. The van der Waals surface area contributed by atoms with Crippen molar-refractivity contribution in [3.63, 3.8) is 0 Å². The Hall–Kier alpha value is -1.56. The molecule has 2 atom stereocenters. The monoisotopic (exact) mass is 280 g/mol. The molecule has 0 aliphatic heterocycles. The molecule has 0 heterocycles. The second kappa shape index (κ2) is 3.98. The number of nitrogens with zero attached hydrogens (tertiary/aromatic N) is 2. The van der Waals surface area contributed by atoms with Crippen LogP contribution in [0.3, 0.4) is 0 Å². The molecule has 2 unspecified atom stereocenters. The first kappa shape index (κ1) is 12.9. The molecule has 1 aromatic rings. The summed E-state index contributed by atoms with van der Waals surface area (Å²) in [5.74, 6) is -0.624. The zero-order valence-electron chi connectivity index (χ0n) is 9.46. The van der Waals surface area contributed by atoms with Crippen molar-refractivity contribution in [3.05, 3.63) is 34.9 Å². The number of sulfone groups is 1. The lowest BCUT2D eigenvalue weighted by Crippen LogP contribution is -2.11. The Balaban J connectivity index is 2.54. The van der Waals surface area contributed by atoms with Crippen LogP contribution in [-0.4, -0.2) is 19.9 Å². The lowest BCUT2D eigenvalue weighted by Gasteiger charge is -1.99. The Kier molecular flexibility index (Phi) is 2.85. The highest BCUT2D eigenvalue weighted by molar-refractivity contribution is 7.91. The quantitative estimate of drug-likeness (QED) is 0.828. The Morgan fingerprint density at radius 1 is 1.33 bits per heavy atom. The number of benzene rings is 1. The summed E-state index contributed by atoms with van der Waals surface area (Å²) in [6.45, 7) is 0. The summed E-state index contributed by atoms with van der Waals surface area (Å²) in [7, 11) is -3.46. The van der Waals surface area contributed by atoms with Gasteiger partial charge in [-0.05, 0) is 17.7 Å². The molecule has 1 aliphatic carbocycles. The van der Waals surface area contributed by atoms with Crippen LogP contribution in [0.5, 0.6) is 0 Å². The van der Waals surface area contributed by atoms with Gasteiger partial charge in [0.05, 0.1) is 12.1 Å². The van der Waals surface area contributed by atoms with Crippen molar-refractivity contribution >= 4 is 21.4 Å². The van der Waals surface area contributed by atoms with Crippen molar-refractivity contribution in [1.29, 1.82) is 10.5 Å². The molecule has 0 spiro atoms. The van der Waals surface area contributed by atoms with Gasteiger partial charge in [-0.25, -0.2) is 8.42 Å². The highest BCUT2D eigenvalue weighted by atomic mass is 35.5. The van der Waals surface area contributed by atoms with Crippen LogP contribution >= 0.6 is 11.6 Å². The average Bonchev–Trinajstić information content (AvgIpc) is 2.98. The van der Waals surface area contributed by atoms with Crippen molar-refractivity contribution in [2.24, 2.45) is 5.41 Å². The topological polar surface area (TPSA) is 81.7 Å². The predicted molar refractivity (Wildman–Crippen MR) is 66.5 cm³/mol. The lowest BCUT2D eigenvalue weighted by molar-refractivity contribution is 0.597. The van der Waals surface area contributed by atoms with Crippen LogP contribution in [0.4, 0.5) is 0 Å². The molecule has 0 aromatic heterocycles. The molecule has 18 heavy (non-hydrogen) atoms. The first-order valence-corrected chi connectivity index (χ1v) is 7.47. The van der Waals surface area contributed by atoms with Crippen molar-refractivity contribution in [1.82, 2.24) is 0 Å². The summed E-state index contributed by atoms with van der Waals surface area (Å²) in [5, 5.41) is 17.7. The first-order chi connectivity index (χ1) is 8.36. The fourth-order valence-corrected chi connectivity index (χ4v) is 4.28. The third kappa shape index (κ3) is 1.77. The molecule has 2 rings (SSSR count). The molecular formula is C12H9ClN2O2S. The van der Waals surface area contributed by atoms with E-state index in [0.717, 1.165) is 6.26 Å². The molecule has 92 valence electrons. The number of halogens is 1. The molecule has 0 amide bonds. The Bertz CT molecular complexity index is 671. The largest absolute Gasteiger partial charge is 0.229 e. The van der Waals surface area contributed by atoms with E-state index in [4.69, 9.17) is 22.1 Å². The molecule has 1 aliphatic rings. The van der Waals surface area contributed by atoms with E-state index in [0.29, 0.717) is 10.6 Å². The maximum atomic E-state index is 11.7. The van der Waals surface area contributed by atoms with Crippen LogP contribution < -0.4 is 0 Å². The second-order valence-corrected chi connectivity index (χ2v) is 6.98. The molecular weight excluding hydrogens is 272 g/mol. The van der Waals surface area contributed by atoms with E-state index in [-0.39, 0.29) is 0 Å². The zero-order chi connectivity index (χ0) is 13.6. The smallest absolute Gasteiger partial charge is 0.169 e. The van der Waals surface area contributed by atoms with Gasteiger partial charge >= 0.3 is 0 Å². The maximum absolute atomic E-state index is 11.7. The third-order valence-electron chi connectivity index (χ3n) is 3.17. The summed E-state index contributed by atoms with van der Waals surface area (Å²) >= 11 is 5.84. The predicted octanol–water partition coefficient (Wildman–Crippen LogP) is 1.88. The number of rotatable bonds is 2. The van der Waals surface area contributed by atoms with E-state index in [2.05, 4.69) is 0 Å². The molecule has 1 saturated carbocycles. The Labute approximate surface area is 110 Å². The minimum Gasteiger partial charge on any atom is -0.229 e. The Morgan fingerprint density at radius 2 is 1.94 bits per heavy atom. The highest BCUT2D eigenvalue weighted by Gasteiger charge is 2.72. The van der Waals surface area contributed by atoms with Crippen LogP contribution in [0, 0.1) is 28.1 Å². The summed E-state index contributed by atoms with van der Waals surface area (Å²) in [6, 6.07) is 10.3. The summed E-state index contributed by atoms with van der Waals surface area (Å²) < 4.78 is 23.3. The second-order valence-electron chi connectivity index (χ2n) is 4.38. The van der Waals surface area contributed by atoms with Crippen molar-refractivity contribution in [3.8, 4) is 12.1 Å². The van der Waals surface area contributed by atoms with E-state index >= 15 is 0 Å². The van der Waals surface area contributed by atoms with E-state index in [1.165, 1.54) is 0 Å². The minimum atomic E-state index is -3.46. The van der Waals surface area contributed by atoms with E-state index < -0.39 is 26.4 Å². The highest BCUT2D eigenvalue weighted by Crippen LogP contribution is 2.62. The summed E-state index contributed by atoms with van der Waals surface area (Å²) in [6.07, 6.45) is 1.05. The third-order valence-corrected chi connectivity index (χ3v) is 4.97. The van der Waals surface area contributed by atoms with Crippen LogP contribution in [0.15, 0.2) is 24.3 Å². The maximum Gasteiger partial charge on any atom is 0.169 e. The zero-order valence-corrected chi connectivity index (χ0v) is 11.0. The molecule has 6 heteroatoms. The lowest BCUT2D eigenvalue weighted by atomic mass is 10.0. The fourth-order valence-electron chi connectivity index (χ4n) is 2.37. The van der Waals surface area contributed by atoms with Gasteiger partial charge in [0.15, 0.2) is 15.3 Å². The van der Waals surface area contributed by atoms with Gasteiger partial charge in [0.2, 0.25) is 0 Å². The van der Waals surface area contributed by atoms with Gasteiger partial charge in [0.1, 0.15) is 5.25 Å². The number of hydrogen-bond donors (Lipinski definition) is 0. The minimum absolute atomic E-state index is 0.455. The molecule has 4 nitrogen and oxygen atoms in total. The van der Waals surface area contributed by atoms with E-state index in [1.807, 2.05) is 12.1 Å². The molecule has 0 bridgehead atoms. The van der Waals surface area contributed by atoms with Gasteiger partial charge < -0.3 is 0 Å². The van der Waals surface area contributed by atoms with Gasteiger partial charge in [-0.1, -0.05) is 23.7 Å². The van der Waals surface area contributed by atoms with Gasteiger partial charge in [-0.15, -0.1) is 0 Å². The Morgan fingerprint density at radius 3 is 2.33 bits per heavy atom. The average molecular weight is 281 g/mol. The van der Waals surface area contributed by atoms with Crippen LogP contribution in [0.1, 0.15) is 11.5 Å². The van der Waals surface area contributed by atoms with E-state index in [1.54, 1.807) is 24.3 Å². The number of hydrogen-bond acceptors (Lipinski definition) is 4. The van der Waals surface area contributed by atoms with Crippen LogP contribution in [0.2, 0.25) is 5.02 Å². The van der Waals surface area contributed by atoms with Crippen LogP contribution in [0.25, 0.3) is 0 Å². The van der Waals surface area contributed by atoms with Gasteiger partial charge in [-0.2, -0.15) is 10.5 Å². The SMILES string of the molecule is CS(=O)(=O)C1C(c2cccc(Cl)c2)C1(C#N)C#N. The fraction of sp³-hybridized carbons (Fsp3) is 0.333. The van der Waals surface area contributed by atoms with Crippen molar-refractivity contribution in [2.75, 3.05) is 6.26 Å². The molecule has 0 saturated heterocycles. The van der Waals surface area contributed by atoms with Crippen molar-refractivity contribution in [2.45, 2.75) is 11.2 Å². The summed E-state index contributed by atoms with van der Waals surface area (Å²) in [4.78, 5) is 0. The molecule has 1 fully saturated rings. The van der Waals surface area contributed by atoms with Gasteiger partial charge in [0.25, 0.3) is 0 Å². The van der Waals surface area contributed by atoms with Gasteiger partial charge in [-0.3, -0.25) is 0 Å². The standard InChI is InChI=1S/C12H9ClN2O2S/c1-18(16,17)11-10(12(11,6-14)7-15)8-3-2-4-9(13)5-8/h2-5,10-11H,1H3. The van der Waals surface area contributed by atoms with Crippen molar-refractivity contribution < 1.29 is 8.42 Å². The van der Waals surface area contributed by atoms with Gasteiger partial charge in [0, 0.05) is 17.2 Å². The summed E-state index contributed by atoms with van der Waals surface area (Å²) in [5.41, 5.74) is -0.876. The van der Waals surface area contributed by atoms with Crippen LogP contribution in [-0.2, 0) is 9.84 Å². The van der Waals surface area contributed by atoms with E-state index in [9.17, 15) is 8.42 Å².